The molecule has 0 aromatic carbocycles. The number of nitrogens with zero attached hydrogens (tertiary/aromatic N) is 1. The SMILES string of the molecule is S=C1NC2(CCCCCC2)N=C1c1cccs1. The van der Waals surface area contributed by atoms with E-state index in [0.29, 0.717) is 0 Å². The highest BCUT2D eigenvalue weighted by Gasteiger charge is 2.37. The Kier molecular flexibility index (Phi) is 3.01. The molecule has 1 fully saturated rings. The molecule has 0 bridgehead atoms. The molecule has 3 rings (SSSR count). The van der Waals surface area contributed by atoms with E-state index in [1.54, 1.807) is 11.3 Å². The van der Waals surface area contributed by atoms with Gasteiger partial charge < -0.3 is 5.32 Å². The molecule has 1 aliphatic carbocycles. The molecule has 0 atom stereocenters. The van der Waals surface area contributed by atoms with Crippen LogP contribution in [0, 0.1) is 0 Å². The second kappa shape index (κ2) is 4.50. The number of hydrogen-bond donors (Lipinski definition) is 1. The average Bonchev–Trinajstić information content (AvgIpc) is 2.86. The first-order valence-corrected chi connectivity index (χ1v) is 7.54. The van der Waals surface area contributed by atoms with Gasteiger partial charge in [-0.3, -0.25) is 4.99 Å². The predicted molar refractivity (Wildman–Crippen MR) is 77.0 cm³/mol. The first-order chi connectivity index (χ1) is 8.29. The molecule has 1 aromatic rings. The van der Waals surface area contributed by atoms with Gasteiger partial charge >= 0.3 is 0 Å². The van der Waals surface area contributed by atoms with E-state index in [2.05, 4.69) is 22.8 Å². The lowest BCUT2D eigenvalue weighted by molar-refractivity contribution is 0.360. The number of aliphatic imine (C=N–C) groups is 1. The van der Waals surface area contributed by atoms with Gasteiger partial charge in [-0.05, 0) is 37.1 Å². The Morgan fingerprint density at radius 3 is 2.65 bits per heavy atom. The van der Waals surface area contributed by atoms with Gasteiger partial charge in [0.2, 0.25) is 0 Å². The monoisotopic (exact) mass is 264 g/mol. The van der Waals surface area contributed by atoms with Crippen LogP contribution >= 0.6 is 23.6 Å². The van der Waals surface area contributed by atoms with Crippen LogP contribution in [-0.2, 0) is 0 Å². The van der Waals surface area contributed by atoms with Crippen molar-refractivity contribution in [2.24, 2.45) is 4.99 Å². The zero-order valence-electron chi connectivity index (χ0n) is 9.74. The first kappa shape index (κ1) is 11.4. The van der Waals surface area contributed by atoms with E-state index in [1.807, 2.05) is 0 Å². The molecule has 17 heavy (non-hydrogen) atoms. The normalized spacial score (nSPS) is 23.3. The minimum absolute atomic E-state index is 0.0765. The third-order valence-electron chi connectivity index (χ3n) is 3.57. The van der Waals surface area contributed by atoms with E-state index < -0.39 is 0 Å². The van der Waals surface area contributed by atoms with E-state index in [1.165, 1.54) is 30.6 Å². The van der Waals surface area contributed by atoms with Crippen molar-refractivity contribution < 1.29 is 0 Å². The minimum Gasteiger partial charge on any atom is -0.351 e. The molecular formula is C13H16N2S2. The fraction of sp³-hybridized carbons (Fsp3) is 0.538. The highest BCUT2D eigenvalue weighted by atomic mass is 32.1. The molecule has 1 aromatic heterocycles. The number of thiocarbonyl (C=S) groups is 1. The van der Waals surface area contributed by atoms with E-state index >= 15 is 0 Å². The summed E-state index contributed by atoms with van der Waals surface area (Å²) in [6.45, 7) is 0. The summed E-state index contributed by atoms with van der Waals surface area (Å²) in [5.41, 5.74) is 0.935. The fourth-order valence-electron chi connectivity index (χ4n) is 2.69. The van der Waals surface area contributed by atoms with Gasteiger partial charge in [0.05, 0.1) is 4.88 Å². The maximum atomic E-state index is 5.45. The molecule has 1 spiro atoms. The molecule has 0 radical (unpaired) electrons. The van der Waals surface area contributed by atoms with Crippen LogP contribution in [0.15, 0.2) is 22.5 Å². The molecule has 0 saturated heterocycles. The Hall–Kier alpha value is -0.740. The van der Waals surface area contributed by atoms with Gasteiger partial charge in [-0.1, -0.05) is 31.1 Å². The highest BCUT2D eigenvalue weighted by molar-refractivity contribution is 7.82. The number of thiophene rings is 1. The predicted octanol–water partition coefficient (Wildman–Crippen LogP) is 3.52. The van der Waals surface area contributed by atoms with Gasteiger partial charge in [0.15, 0.2) is 0 Å². The van der Waals surface area contributed by atoms with Crippen LogP contribution in [0.4, 0.5) is 0 Å². The number of hydrogen-bond acceptors (Lipinski definition) is 3. The van der Waals surface area contributed by atoms with Gasteiger partial charge in [-0.2, -0.15) is 0 Å². The molecule has 1 saturated carbocycles. The molecule has 0 unspecified atom stereocenters. The maximum absolute atomic E-state index is 5.45. The lowest BCUT2D eigenvalue weighted by Gasteiger charge is -2.24. The van der Waals surface area contributed by atoms with Crippen molar-refractivity contribution in [1.82, 2.24) is 5.32 Å². The summed E-state index contributed by atoms with van der Waals surface area (Å²) in [7, 11) is 0. The summed E-state index contributed by atoms with van der Waals surface area (Å²) in [5, 5.41) is 5.56. The van der Waals surface area contributed by atoms with Crippen LogP contribution in [0.2, 0.25) is 0 Å². The molecular weight excluding hydrogens is 248 g/mol. The maximum Gasteiger partial charge on any atom is 0.131 e. The second-order valence-electron chi connectivity index (χ2n) is 4.84. The summed E-state index contributed by atoms with van der Waals surface area (Å²) in [6, 6.07) is 4.16. The van der Waals surface area contributed by atoms with E-state index in [9.17, 15) is 0 Å². The summed E-state index contributed by atoms with van der Waals surface area (Å²) >= 11 is 7.17. The quantitative estimate of drug-likeness (QED) is 0.785. The Morgan fingerprint density at radius 1 is 1.24 bits per heavy atom. The molecule has 2 nitrogen and oxygen atoms in total. The summed E-state index contributed by atoms with van der Waals surface area (Å²) in [5.74, 6) is 0. The summed E-state index contributed by atoms with van der Waals surface area (Å²) in [6.07, 6.45) is 7.44. The molecule has 2 aliphatic rings. The van der Waals surface area contributed by atoms with Crippen molar-refractivity contribution in [3.05, 3.63) is 22.4 Å². The largest absolute Gasteiger partial charge is 0.351 e. The Morgan fingerprint density at radius 2 is 2.00 bits per heavy atom. The second-order valence-corrected chi connectivity index (χ2v) is 6.19. The zero-order valence-corrected chi connectivity index (χ0v) is 11.4. The van der Waals surface area contributed by atoms with Crippen molar-refractivity contribution in [2.45, 2.75) is 44.2 Å². The molecule has 1 N–H and O–H groups in total. The summed E-state index contributed by atoms with van der Waals surface area (Å²) in [4.78, 5) is 6.98. The van der Waals surface area contributed by atoms with Crippen molar-refractivity contribution >= 4 is 34.3 Å². The van der Waals surface area contributed by atoms with Crippen molar-refractivity contribution in [3.63, 3.8) is 0 Å². The number of nitrogens with one attached hydrogen (secondary N) is 1. The van der Waals surface area contributed by atoms with Crippen LogP contribution in [-0.4, -0.2) is 16.4 Å². The Balaban J connectivity index is 1.92. The van der Waals surface area contributed by atoms with Gasteiger partial charge in [-0.25, -0.2) is 0 Å². The Labute approximate surface area is 111 Å². The van der Waals surface area contributed by atoms with Crippen LogP contribution in [0.3, 0.4) is 0 Å². The van der Waals surface area contributed by atoms with Crippen LogP contribution in [0.1, 0.15) is 43.4 Å². The number of rotatable bonds is 1. The van der Waals surface area contributed by atoms with Crippen molar-refractivity contribution in [3.8, 4) is 0 Å². The molecule has 4 heteroatoms. The zero-order chi connectivity index (χ0) is 11.7. The third-order valence-corrected chi connectivity index (χ3v) is 4.74. The highest BCUT2D eigenvalue weighted by Crippen LogP contribution is 2.32. The smallest absolute Gasteiger partial charge is 0.131 e. The van der Waals surface area contributed by atoms with E-state index in [0.717, 1.165) is 23.5 Å². The molecule has 2 heterocycles. The van der Waals surface area contributed by atoms with E-state index in [4.69, 9.17) is 17.2 Å². The first-order valence-electron chi connectivity index (χ1n) is 6.25. The van der Waals surface area contributed by atoms with Gasteiger partial charge in [0.1, 0.15) is 16.4 Å². The molecule has 1 aliphatic heterocycles. The average molecular weight is 264 g/mol. The fourth-order valence-corrected chi connectivity index (χ4v) is 3.82. The van der Waals surface area contributed by atoms with Crippen molar-refractivity contribution in [2.75, 3.05) is 0 Å². The van der Waals surface area contributed by atoms with Crippen LogP contribution < -0.4 is 5.32 Å². The minimum atomic E-state index is -0.0765. The van der Waals surface area contributed by atoms with Crippen LogP contribution in [0.25, 0.3) is 0 Å². The van der Waals surface area contributed by atoms with Crippen LogP contribution in [0.5, 0.6) is 0 Å². The molecule has 90 valence electrons. The van der Waals surface area contributed by atoms with Crippen molar-refractivity contribution in [1.29, 1.82) is 0 Å². The molecule has 0 amide bonds. The van der Waals surface area contributed by atoms with Gasteiger partial charge in [0, 0.05) is 0 Å². The van der Waals surface area contributed by atoms with Gasteiger partial charge in [0.25, 0.3) is 0 Å². The summed E-state index contributed by atoms with van der Waals surface area (Å²) < 4.78 is 0. The standard InChI is InChI=1S/C13H16N2S2/c16-12-11(10-6-5-9-17-10)14-13(15-12)7-3-1-2-4-8-13/h5-6,9H,1-4,7-8H2,(H,15,16). The Bertz CT molecular complexity index is 440. The third kappa shape index (κ3) is 2.16. The van der Waals surface area contributed by atoms with E-state index in [-0.39, 0.29) is 5.66 Å². The topological polar surface area (TPSA) is 24.4 Å². The lowest BCUT2D eigenvalue weighted by Crippen LogP contribution is -2.41. The van der Waals surface area contributed by atoms with Gasteiger partial charge in [-0.15, -0.1) is 11.3 Å². The lowest BCUT2D eigenvalue weighted by atomic mass is 10.0.